The lowest BCUT2D eigenvalue weighted by Gasteiger charge is -2.29. The van der Waals surface area contributed by atoms with Gasteiger partial charge >= 0.3 is 0 Å². The standard InChI is InChI=1S/C21H27FN6/c1-14(2)4-9-18-24-20(27-12-10-23-11-13-27)19-15(3)26-28(21(19)25-18)17-7-5-16(22)6-8-17/h5-8,14,23H,4,9-13H2,1-3H3. The zero-order valence-corrected chi connectivity index (χ0v) is 16.7. The summed E-state index contributed by atoms with van der Waals surface area (Å²) in [4.78, 5) is 12.2. The number of benzene rings is 1. The maximum absolute atomic E-state index is 13.4. The molecule has 6 nitrogen and oxygen atoms in total. The number of halogens is 1. The highest BCUT2D eigenvalue weighted by Gasteiger charge is 2.22. The molecule has 3 aromatic rings. The molecule has 0 radical (unpaired) electrons. The molecule has 0 spiro atoms. The number of anilines is 1. The van der Waals surface area contributed by atoms with Crippen LogP contribution in [-0.2, 0) is 6.42 Å². The molecule has 1 saturated heterocycles. The Bertz CT molecular complexity index is 957. The van der Waals surface area contributed by atoms with Crippen molar-refractivity contribution in [3.63, 3.8) is 0 Å². The molecule has 7 heteroatoms. The molecule has 0 amide bonds. The van der Waals surface area contributed by atoms with E-state index in [1.165, 1.54) is 12.1 Å². The van der Waals surface area contributed by atoms with Crippen LogP contribution in [0, 0.1) is 18.7 Å². The van der Waals surface area contributed by atoms with E-state index >= 15 is 0 Å². The van der Waals surface area contributed by atoms with Crippen molar-refractivity contribution < 1.29 is 4.39 Å². The van der Waals surface area contributed by atoms with Crippen LogP contribution in [0.4, 0.5) is 10.2 Å². The molecule has 28 heavy (non-hydrogen) atoms. The van der Waals surface area contributed by atoms with Gasteiger partial charge in [0, 0.05) is 32.6 Å². The second kappa shape index (κ2) is 7.83. The van der Waals surface area contributed by atoms with Crippen LogP contribution < -0.4 is 10.2 Å². The van der Waals surface area contributed by atoms with Crippen molar-refractivity contribution in [2.75, 3.05) is 31.1 Å². The molecule has 148 valence electrons. The van der Waals surface area contributed by atoms with E-state index in [1.54, 1.807) is 12.1 Å². The first-order valence-corrected chi connectivity index (χ1v) is 10.0. The highest BCUT2D eigenvalue weighted by Crippen LogP contribution is 2.29. The fourth-order valence-electron chi connectivity index (χ4n) is 3.60. The third-order valence-electron chi connectivity index (χ3n) is 5.16. The van der Waals surface area contributed by atoms with Crippen LogP contribution in [0.5, 0.6) is 0 Å². The topological polar surface area (TPSA) is 58.9 Å². The average molecular weight is 382 g/mol. The van der Waals surface area contributed by atoms with Gasteiger partial charge < -0.3 is 10.2 Å². The number of nitrogens with zero attached hydrogens (tertiary/aromatic N) is 5. The first-order valence-electron chi connectivity index (χ1n) is 10.0. The zero-order valence-electron chi connectivity index (χ0n) is 16.7. The maximum Gasteiger partial charge on any atom is 0.168 e. The van der Waals surface area contributed by atoms with Crippen LogP contribution in [0.25, 0.3) is 16.7 Å². The second-order valence-electron chi connectivity index (χ2n) is 7.81. The number of hydrogen-bond donors (Lipinski definition) is 1. The summed E-state index contributed by atoms with van der Waals surface area (Å²) < 4.78 is 15.2. The maximum atomic E-state index is 13.4. The molecule has 1 N–H and O–H groups in total. The molecule has 3 heterocycles. The summed E-state index contributed by atoms with van der Waals surface area (Å²) in [6.07, 6.45) is 1.87. The molecule has 0 aliphatic carbocycles. The van der Waals surface area contributed by atoms with Gasteiger partial charge in [0.05, 0.1) is 16.8 Å². The summed E-state index contributed by atoms with van der Waals surface area (Å²) in [6.45, 7) is 10.1. The Hall–Kier alpha value is -2.54. The highest BCUT2D eigenvalue weighted by molar-refractivity contribution is 5.91. The number of aryl methyl sites for hydroxylation is 2. The van der Waals surface area contributed by atoms with E-state index in [2.05, 4.69) is 24.1 Å². The molecule has 2 aromatic heterocycles. The summed E-state index contributed by atoms with van der Waals surface area (Å²) >= 11 is 0. The van der Waals surface area contributed by atoms with Crippen LogP contribution in [0.15, 0.2) is 24.3 Å². The van der Waals surface area contributed by atoms with Gasteiger partial charge in [-0.3, -0.25) is 0 Å². The van der Waals surface area contributed by atoms with Crippen molar-refractivity contribution in [3.8, 4) is 5.69 Å². The number of nitrogens with one attached hydrogen (secondary N) is 1. The minimum Gasteiger partial charge on any atom is -0.353 e. The molecule has 1 aromatic carbocycles. The van der Waals surface area contributed by atoms with Gasteiger partial charge in [-0.2, -0.15) is 5.10 Å². The van der Waals surface area contributed by atoms with Gasteiger partial charge in [-0.15, -0.1) is 0 Å². The number of fused-ring (bicyclic) bond motifs is 1. The Kier molecular flexibility index (Phi) is 5.26. The molecule has 0 unspecified atom stereocenters. The van der Waals surface area contributed by atoms with Gasteiger partial charge in [0.25, 0.3) is 0 Å². The van der Waals surface area contributed by atoms with Crippen molar-refractivity contribution in [2.24, 2.45) is 5.92 Å². The van der Waals surface area contributed by atoms with Crippen molar-refractivity contribution in [2.45, 2.75) is 33.6 Å². The lowest BCUT2D eigenvalue weighted by atomic mass is 10.1. The normalized spacial score (nSPS) is 15.0. The van der Waals surface area contributed by atoms with Crippen molar-refractivity contribution >= 4 is 16.9 Å². The molecule has 0 atom stereocenters. The zero-order chi connectivity index (χ0) is 19.7. The van der Waals surface area contributed by atoms with E-state index in [9.17, 15) is 4.39 Å². The molecular formula is C21H27FN6. The molecule has 0 saturated carbocycles. The van der Waals surface area contributed by atoms with E-state index in [1.807, 2.05) is 11.6 Å². The Morgan fingerprint density at radius 2 is 1.82 bits per heavy atom. The third-order valence-corrected chi connectivity index (χ3v) is 5.16. The van der Waals surface area contributed by atoms with E-state index in [4.69, 9.17) is 15.1 Å². The number of piperazine rings is 1. The number of hydrogen-bond acceptors (Lipinski definition) is 5. The Labute approximate surface area is 164 Å². The summed E-state index contributed by atoms with van der Waals surface area (Å²) in [5, 5.41) is 9.11. The van der Waals surface area contributed by atoms with Gasteiger partial charge in [0.1, 0.15) is 17.5 Å². The van der Waals surface area contributed by atoms with Crippen LogP contribution in [0.3, 0.4) is 0 Å². The smallest absolute Gasteiger partial charge is 0.168 e. The molecule has 1 aliphatic heterocycles. The molecule has 4 rings (SSSR count). The minimum absolute atomic E-state index is 0.259. The van der Waals surface area contributed by atoms with E-state index in [0.29, 0.717) is 5.92 Å². The van der Waals surface area contributed by atoms with E-state index in [0.717, 1.165) is 73.1 Å². The quantitative estimate of drug-likeness (QED) is 0.734. The van der Waals surface area contributed by atoms with Crippen LogP contribution in [0.2, 0.25) is 0 Å². The summed E-state index contributed by atoms with van der Waals surface area (Å²) in [5.74, 6) is 2.14. The highest BCUT2D eigenvalue weighted by atomic mass is 19.1. The van der Waals surface area contributed by atoms with Crippen LogP contribution in [0.1, 0.15) is 31.8 Å². The van der Waals surface area contributed by atoms with Crippen molar-refractivity contribution in [1.29, 1.82) is 0 Å². The van der Waals surface area contributed by atoms with Crippen LogP contribution >= 0.6 is 0 Å². The Morgan fingerprint density at radius 1 is 1.11 bits per heavy atom. The molecular weight excluding hydrogens is 355 g/mol. The van der Waals surface area contributed by atoms with Gasteiger partial charge in [-0.1, -0.05) is 13.8 Å². The van der Waals surface area contributed by atoms with Crippen molar-refractivity contribution in [3.05, 3.63) is 41.6 Å². The monoisotopic (exact) mass is 382 g/mol. The number of aromatic nitrogens is 4. The van der Waals surface area contributed by atoms with Gasteiger partial charge in [0.2, 0.25) is 0 Å². The summed E-state index contributed by atoms with van der Waals surface area (Å²) in [7, 11) is 0. The fraction of sp³-hybridized carbons (Fsp3) is 0.476. The van der Waals surface area contributed by atoms with E-state index < -0.39 is 0 Å². The SMILES string of the molecule is Cc1nn(-c2ccc(F)cc2)c2nc(CCC(C)C)nc(N3CCNCC3)c12. The Morgan fingerprint density at radius 3 is 2.50 bits per heavy atom. The first kappa shape index (κ1) is 18.8. The predicted molar refractivity (Wildman–Crippen MR) is 110 cm³/mol. The Balaban J connectivity index is 1.87. The predicted octanol–water partition coefficient (Wildman–Crippen LogP) is 3.26. The van der Waals surface area contributed by atoms with E-state index in [-0.39, 0.29) is 5.82 Å². The molecule has 1 fully saturated rings. The van der Waals surface area contributed by atoms with Gasteiger partial charge in [-0.05, 0) is 43.5 Å². The number of rotatable bonds is 5. The first-order chi connectivity index (χ1) is 13.5. The lowest BCUT2D eigenvalue weighted by molar-refractivity contribution is 0.569. The lowest BCUT2D eigenvalue weighted by Crippen LogP contribution is -2.44. The largest absolute Gasteiger partial charge is 0.353 e. The van der Waals surface area contributed by atoms with Crippen LogP contribution in [-0.4, -0.2) is 45.9 Å². The average Bonchev–Trinajstić information content (AvgIpc) is 3.04. The van der Waals surface area contributed by atoms with Gasteiger partial charge in [-0.25, -0.2) is 19.0 Å². The second-order valence-corrected chi connectivity index (χ2v) is 7.81. The minimum atomic E-state index is -0.259. The third kappa shape index (κ3) is 3.71. The summed E-state index contributed by atoms with van der Waals surface area (Å²) in [5.41, 5.74) is 2.49. The fourth-order valence-corrected chi connectivity index (χ4v) is 3.60. The summed E-state index contributed by atoms with van der Waals surface area (Å²) in [6, 6.07) is 6.38. The molecule has 0 bridgehead atoms. The molecule has 1 aliphatic rings. The van der Waals surface area contributed by atoms with Crippen molar-refractivity contribution in [1.82, 2.24) is 25.1 Å². The van der Waals surface area contributed by atoms with Gasteiger partial charge in [0.15, 0.2) is 5.65 Å².